The zero-order chi connectivity index (χ0) is 23.1. The molecular formula is C27H23F2N3O. The number of hydrogen-bond acceptors (Lipinski definition) is 3. The van der Waals surface area contributed by atoms with Crippen LogP contribution in [0.2, 0.25) is 0 Å². The third-order valence-corrected chi connectivity index (χ3v) is 6.05. The Hall–Kier alpha value is -3.64. The summed E-state index contributed by atoms with van der Waals surface area (Å²) >= 11 is 0. The van der Waals surface area contributed by atoms with Crippen molar-refractivity contribution in [2.45, 2.75) is 26.4 Å². The predicted octanol–water partition coefficient (Wildman–Crippen LogP) is 5.50. The van der Waals surface area contributed by atoms with Gasteiger partial charge < -0.3 is 4.57 Å². The maximum Gasteiger partial charge on any atom is 0.173 e. The highest BCUT2D eigenvalue weighted by atomic mass is 19.1. The number of rotatable bonds is 4. The maximum atomic E-state index is 14.1. The van der Waals surface area contributed by atoms with Gasteiger partial charge in [0.25, 0.3) is 0 Å². The van der Waals surface area contributed by atoms with E-state index in [0.717, 1.165) is 52.3 Å². The van der Waals surface area contributed by atoms with E-state index < -0.39 is 23.0 Å². The first-order valence-corrected chi connectivity index (χ1v) is 10.8. The summed E-state index contributed by atoms with van der Waals surface area (Å²) in [6, 6.07) is 15.7. The van der Waals surface area contributed by atoms with Gasteiger partial charge in [0.15, 0.2) is 5.78 Å². The van der Waals surface area contributed by atoms with Gasteiger partial charge in [-0.25, -0.2) is 13.8 Å². The minimum Gasteiger partial charge on any atom is -0.306 e. The number of ketones is 1. The number of fused-ring (bicyclic) bond motifs is 3. The van der Waals surface area contributed by atoms with Gasteiger partial charge in [-0.15, -0.1) is 0 Å². The zero-order valence-corrected chi connectivity index (χ0v) is 18.5. The zero-order valence-electron chi connectivity index (χ0n) is 18.5. The molecule has 0 aliphatic carbocycles. The van der Waals surface area contributed by atoms with Crippen molar-refractivity contribution in [3.05, 3.63) is 107 Å². The van der Waals surface area contributed by atoms with Crippen LogP contribution >= 0.6 is 0 Å². The first-order chi connectivity index (χ1) is 15.9. The average molecular weight is 443 g/mol. The van der Waals surface area contributed by atoms with E-state index >= 15 is 0 Å². The molecule has 33 heavy (non-hydrogen) atoms. The van der Waals surface area contributed by atoms with Gasteiger partial charge in [0.2, 0.25) is 0 Å². The Kier molecular flexibility index (Phi) is 5.38. The lowest BCUT2D eigenvalue weighted by atomic mass is 9.93. The van der Waals surface area contributed by atoms with E-state index in [9.17, 15) is 13.6 Å². The van der Waals surface area contributed by atoms with Crippen LogP contribution in [0.1, 0.15) is 32.7 Å². The summed E-state index contributed by atoms with van der Waals surface area (Å²) in [5, 5.41) is 0. The van der Waals surface area contributed by atoms with Gasteiger partial charge in [0.1, 0.15) is 11.6 Å². The van der Waals surface area contributed by atoms with Crippen molar-refractivity contribution in [3.8, 4) is 16.8 Å². The van der Waals surface area contributed by atoms with Crippen LogP contribution < -0.4 is 0 Å². The molecule has 5 rings (SSSR count). The number of nitrogens with zero attached hydrogens (tertiary/aromatic N) is 3. The topological polar surface area (TPSA) is 38.1 Å². The standard InChI is InChI=1S/C27H23F2N3O/c1-17-13-32(16-30-17)21-8-7-19-14-31(2)15-20-10-18(6-9-22(20)23(19)12-21)11-26(33)27-24(28)4-3-5-25(27)29/h3-10,12-13,16H,11,14-15H2,1-2H3. The van der Waals surface area contributed by atoms with E-state index in [0.29, 0.717) is 6.54 Å². The molecule has 0 atom stereocenters. The smallest absolute Gasteiger partial charge is 0.173 e. The molecule has 0 bridgehead atoms. The Morgan fingerprint density at radius 1 is 0.970 bits per heavy atom. The second-order valence-corrected chi connectivity index (χ2v) is 8.62. The van der Waals surface area contributed by atoms with Crippen molar-refractivity contribution in [2.75, 3.05) is 7.05 Å². The van der Waals surface area contributed by atoms with E-state index in [1.807, 2.05) is 35.9 Å². The Morgan fingerprint density at radius 3 is 2.45 bits per heavy atom. The second-order valence-electron chi connectivity index (χ2n) is 8.62. The molecule has 1 aromatic heterocycles. The molecule has 0 saturated carbocycles. The molecule has 4 aromatic rings. The van der Waals surface area contributed by atoms with E-state index in [4.69, 9.17) is 0 Å². The fourth-order valence-corrected chi connectivity index (χ4v) is 4.50. The molecular weight excluding hydrogens is 420 g/mol. The summed E-state index contributed by atoms with van der Waals surface area (Å²) in [7, 11) is 2.05. The van der Waals surface area contributed by atoms with Crippen molar-refractivity contribution < 1.29 is 13.6 Å². The Balaban J connectivity index is 1.52. The summed E-state index contributed by atoms with van der Waals surface area (Å²) < 4.78 is 30.1. The Bertz CT molecular complexity index is 1360. The maximum absolute atomic E-state index is 14.1. The first kappa shape index (κ1) is 21.2. The summed E-state index contributed by atoms with van der Waals surface area (Å²) in [5.41, 5.74) is 6.76. The number of benzene rings is 3. The molecule has 0 saturated heterocycles. The van der Waals surface area contributed by atoms with Gasteiger partial charge in [0.05, 0.1) is 17.6 Å². The number of imidazole rings is 1. The molecule has 4 nitrogen and oxygen atoms in total. The van der Waals surface area contributed by atoms with E-state index in [1.165, 1.54) is 11.6 Å². The normalized spacial score (nSPS) is 13.3. The van der Waals surface area contributed by atoms with Gasteiger partial charge in [-0.3, -0.25) is 9.69 Å². The van der Waals surface area contributed by atoms with E-state index in [2.05, 4.69) is 35.1 Å². The predicted molar refractivity (Wildman–Crippen MR) is 123 cm³/mol. The first-order valence-electron chi connectivity index (χ1n) is 10.8. The SMILES string of the molecule is Cc1cn(-c2ccc3c(c2)-c2ccc(CC(=O)c4c(F)cccc4F)cc2CN(C)C3)cn1. The molecule has 1 aliphatic heterocycles. The summed E-state index contributed by atoms with van der Waals surface area (Å²) in [6.45, 7) is 3.46. The second kappa shape index (κ2) is 8.37. The van der Waals surface area contributed by atoms with Crippen LogP contribution in [-0.2, 0) is 19.5 Å². The van der Waals surface area contributed by atoms with Crippen LogP contribution in [0.3, 0.4) is 0 Å². The molecule has 0 amide bonds. The number of aryl methyl sites for hydroxylation is 1. The van der Waals surface area contributed by atoms with Crippen LogP contribution in [0.15, 0.2) is 67.1 Å². The van der Waals surface area contributed by atoms with Crippen molar-refractivity contribution in [2.24, 2.45) is 0 Å². The van der Waals surface area contributed by atoms with Crippen LogP contribution in [0, 0.1) is 18.6 Å². The molecule has 2 heterocycles. The highest BCUT2D eigenvalue weighted by molar-refractivity contribution is 5.98. The molecule has 166 valence electrons. The van der Waals surface area contributed by atoms with Crippen molar-refractivity contribution in [3.63, 3.8) is 0 Å². The van der Waals surface area contributed by atoms with Crippen LogP contribution in [0.4, 0.5) is 8.78 Å². The van der Waals surface area contributed by atoms with Gasteiger partial charge in [-0.1, -0.05) is 30.3 Å². The average Bonchev–Trinajstić information content (AvgIpc) is 3.14. The van der Waals surface area contributed by atoms with E-state index in [1.54, 1.807) is 6.33 Å². The molecule has 6 heteroatoms. The molecule has 3 aromatic carbocycles. The summed E-state index contributed by atoms with van der Waals surface area (Å²) in [5.74, 6) is -2.22. The third-order valence-electron chi connectivity index (χ3n) is 6.05. The number of carbonyl (C=O) groups excluding carboxylic acids is 1. The molecule has 1 aliphatic rings. The number of aromatic nitrogens is 2. The van der Waals surface area contributed by atoms with E-state index in [-0.39, 0.29) is 6.42 Å². The lowest BCUT2D eigenvalue weighted by Crippen LogP contribution is -2.16. The van der Waals surface area contributed by atoms with Crippen molar-refractivity contribution in [1.82, 2.24) is 14.5 Å². The Morgan fingerprint density at radius 2 is 1.73 bits per heavy atom. The highest BCUT2D eigenvalue weighted by Gasteiger charge is 2.21. The third kappa shape index (κ3) is 4.10. The number of hydrogen-bond donors (Lipinski definition) is 0. The van der Waals surface area contributed by atoms with Gasteiger partial charge in [-0.2, -0.15) is 0 Å². The highest BCUT2D eigenvalue weighted by Crippen LogP contribution is 2.34. The molecule has 0 radical (unpaired) electrons. The van der Waals surface area contributed by atoms with Crippen LogP contribution in [0.5, 0.6) is 0 Å². The van der Waals surface area contributed by atoms with Gasteiger partial charge >= 0.3 is 0 Å². The minimum atomic E-state index is -0.828. The van der Waals surface area contributed by atoms with Gasteiger partial charge in [0, 0.05) is 31.4 Å². The molecule has 0 unspecified atom stereocenters. The number of Topliss-reactive ketones (excluding diaryl/α,β-unsaturated/α-hetero) is 1. The van der Waals surface area contributed by atoms with Gasteiger partial charge in [-0.05, 0) is 66.1 Å². The fourth-order valence-electron chi connectivity index (χ4n) is 4.50. The van der Waals surface area contributed by atoms with Crippen LogP contribution in [0.25, 0.3) is 16.8 Å². The summed E-state index contributed by atoms with van der Waals surface area (Å²) in [6.07, 6.45) is 3.73. The fraction of sp³-hybridized carbons (Fsp3) is 0.185. The molecule has 0 spiro atoms. The van der Waals surface area contributed by atoms with Crippen LogP contribution in [-0.4, -0.2) is 27.3 Å². The largest absolute Gasteiger partial charge is 0.306 e. The monoisotopic (exact) mass is 443 g/mol. The number of halogens is 2. The minimum absolute atomic E-state index is 0.0595. The summed E-state index contributed by atoms with van der Waals surface area (Å²) in [4.78, 5) is 19.2. The molecule has 0 N–H and O–H groups in total. The van der Waals surface area contributed by atoms with Crippen molar-refractivity contribution >= 4 is 5.78 Å². The quantitative estimate of drug-likeness (QED) is 0.391. The molecule has 0 fully saturated rings. The lowest BCUT2D eigenvalue weighted by molar-refractivity contribution is 0.0985. The number of carbonyl (C=O) groups is 1. The van der Waals surface area contributed by atoms with Crippen molar-refractivity contribution in [1.29, 1.82) is 0 Å². The Labute approximate surface area is 191 Å². The lowest BCUT2D eigenvalue weighted by Gasteiger charge is -2.14.